The Morgan fingerprint density at radius 1 is 1.12 bits per heavy atom. The summed E-state index contributed by atoms with van der Waals surface area (Å²) >= 11 is 0. The fourth-order valence-corrected chi connectivity index (χ4v) is 2.38. The molecule has 0 radical (unpaired) electrons. The zero-order chi connectivity index (χ0) is 17.5. The van der Waals surface area contributed by atoms with Gasteiger partial charge in [0.1, 0.15) is 11.5 Å². The number of para-hydroxylation sites is 2. The van der Waals surface area contributed by atoms with Gasteiger partial charge >= 0.3 is 0 Å². The van der Waals surface area contributed by atoms with E-state index in [2.05, 4.69) is 25.2 Å². The molecule has 128 valence electrons. The normalized spacial score (nSPS) is 10.5. The summed E-state index contributed by atoms with van der Waals surface area (Å²) in [5.74, 6) is 1.58. The number of hydrogen-bond acceptors (Lipinski definition) is 3. The van der Waals surface area contributed by atoms with Crippen molar-refractivity contribution in [3.63, 3.8) is 0 Å². The molecule has 0 aromatic heterocycles. The minimum absolute atomic E-state index is 0.0402. The lowest BCUT2D eigenvalue weighted by molar-refractivity contribution is -0.118. The number of hydrogen-bond donors (Lipinski definition) is 1. The van der Waals surface area contributed by atoms with Crippen molar-refractivity contribution >= 4 is 11.6 Å². The average molecular weight is 327 g/mol. The zero-order valence-corrected chi connectivity index (χ0v) is 14.8. The Morgan fingerprint density at radius 3 is 2.58 bits per heavy atom. The highest BCUT2D eigenvalue weighted by molar-refractivity contribution is 5.93. The summed E-state index contributed by atoms with van der Waals surface area (Å²) in [5.41, 5.74) is 2.98. The molecule has 0 aliphatic heterocycles. The first-order valence-electron chi connectivity index (χ1n) is 8.25. The third-order valence-corrected chi connectivity index (χ3v) is 3.57. The van der Waals surface area contributed by atoms with Crippen molar-refractivity contribution in [2.45, 2.75) is 33.6 Å². The molecule has 24 heavy (non-hydrogen) atoms. The fraction of sp³-hybridized carbons (Fsp3) is 0.350. The number of carbonyl (C=O) groups is 1. The summed E-state index contributed by atoms with van der Waals surface area (Å²) in [5, 5.41) is 2.83. The molecule has 4 heteroatoms. The Morgan fingerprint density at radius 2 is 1.88 bits per heavy atom. The van der Waals surface area contributed by atoms with Crippen LogP contribution in [-0.4, -0.2) is 19.1 Å². The molecule has 0 unspecified atom stereocenters. The highest BCUT2D eigenvalue weighted by Gasteiger charge is 2.09. The molecule has 2 aromatic carbocycles. The number of aryl methyl sites for hydroxylation is 1. The van der Waals surface area contributed by atoms with Crippen LogP contribution < -0.4 is 14.8 Å². The van der Waals surface area contributed by atoms with Crippen molar-refractivity contribution in [3.8, 4) is 11.5 Å². The van der Waals surface area contributed by atoms with Gasteiger partial charge in [-0.15, -0.1) is 0 Å². The standard InChI is InChI=1S/C20H25NO3/c1-5-23-19-9-7-6-8-18(19)21-20(22)13-24-17-11-15(4)10-16(12-17)14(2)3/h6-12,14H,5,13H2,1-4H3,(H,21,22). The average Bonchev–Trinajstić information content (AvgIpc) is 2.54. The van der Waals surface area contributed by atoms with Gasteiger partial charge in [-0.05, 0) is 55.2 Å². The fourth-order valence-electron chi connectivity index (χ4n) is 2.38. The number of ether oxygens (including phenoxy) is 2. The van der Waals surface area contributed by atoms with Crippen LogP contribution in [0.5, 0.6) is 11.5 Å². The van der Waals surface area contributed by atoms with Crippen LogP contribution in [0.3, 0.4) is 0 Å². The van der Waals surface area contributed by atoms with Crippen LogP contribution in [-0.2, 0) is 4.79 Å². The minimum atomic E-state index is -0.213. The van der Waals surface area contributed by atoms with E-state index in [1.54, 1.807) is 0 Å². The summed E-state index contributed by atoms with van der Waals surface area (Å²) < 4.78 is 11.2. The Labute approximate surface area is 143 Å². The molecular weight excluding hydrogens is 302 g/mol. The number of anilines is 1. The van der Waals surface area contributed by atoms with Gasteiger partial charge in [0.2, 0.25) is 0 Å². The largest absolute Gasteiger partial charge is 0.492 e. The van der Waals surface area contributed by atoms with Crippen LogP contribution >= 0.6 is 0 Å². The number of carbonyl (C=O) groups excluding carboxylic acids is 1. The van der Waals surface area contributed by atoms with Crippen LogP contribution in [0.2, 0.25) is 0 Å². The maximum absolute atomic E-state index is 12.2. The molecule has 2 rings (SSSR count). The molecule has 0 aliphatic carbocycles. The number of rotatable bonds is 7. The monoisotopic (exact) mass is 327 g/mol. The maximum atomic E-state index is 12.2. The lowest BCUT2D eigenvalue weighted by Crippen LogP contribution is -2.20. The second kappa shape index (κ2) is 8.39. The van der Waals surface area contributed by atoms with Gasteiger partial charge in [0, 0.05) is 0 Å². The molecule has 0 saturated heterocycles. The van der Waals surface area contributed by atoms with E-state index >= 15 is 0 Å². The first-order chi connectivity index (χ1) is 11.5. The van der Waals surface area contributed by atoms with Crippen LogP contribution in [0.15, 0.2) is 42.5 Å². The predicted octanol–water partition coefficient (Wildman–Crippen LogP) is 4.53. The second-order valence-corrected chi connectivity index (χ2v) is 6.00. The molecule has 4 nitrogen and oxygen atoms in total. The molecule has 0 spiro atoms. The van der Waals surface area contributed by atoms with Crippen LogP contribution in [0.4, 0.5) is 5.69 Å². The van der Waals surface area contributed by atoms with Crippen molar-refractivity contribution in [1.82, 2.24) is 0 Å². The van der Waals surface area contributed by atoms with E-state index in [1.807, 2.05) is 50.2 Å². The van der Waals surface area contributed by atoms with E-state index in [4.69, 9.17) is 9.47 Å². The summed E-state index contributed by atoms with van der Waals surface area (Å²) in [4.78, 5) is 12.2. The Kier molecular flexibility index (Phi) is 6.24. The van der Waals surface area contributed by atoms with Gasteiger partial charge in [-0.1, -0.05) is 32.0 Å². The van der Waals surface area contributed by atoms with E-state index in [0.717, 1.165) is 5.56 Å². The molecule has 1 amide bonds. The predicted molar refractivity (Wildman–Crippen MR) is 97.0 cm³/mol. The van der Waals surface area contributed by atoms with Crippen molar-refractivity contribution in [2.75, 3.05) is 18.5 Å². The quantitative estimate of drug-likeness (QED) is 0.812. The van der Waals surface area contributed by atoms with E-state index in [1.165, 1.54) is 5.56 Å². The van der Waals surface area contributed by atoms with Gasteiger partial charge in [0.15, 0.2) is 6.61 Å². The molecule has 0 aliphatic rings. The van der Waals surface area contributed by atoms with Crippen LogP contribution in [0.1, 0.15) is 37.8 Å². The van der Waals surface area contributed by atoms with E-state index in [-0.39, 0.29) is 12.5 Å². The Hall–Kier alpha value is -2.49. The second-order valence-electron chi connectivity index (χ2n) is 6.00. The third kappa shape index (κ3) is 5.01. The molecule has 1 N–H and O–H groups in total. The molecule has 2 aromatic rings. The van der Waals surface area contributed by atoms with Gasteiger partial charge < -0.3 is 14.8 Å². The van der Waals surface area contributed by atoms with E-state index in [0.29, 0.717) is 29.7 Å². The maximum Gasteiger partial charge on any atom is 0.262 e. The first-order valence-corrected chi connectivity index (χ1v) is 8.25. The summed E-state index contributed by atoms with van der Waals surface area (Å²) in [7, 11) is 0. The van der Waals surface area contributed by atoms with E-state index in [9.17, 15) is 4.79 Å². The van der Waals surface area contributed by atoms with Gasteiger partial charge in [-0.2, -0.15) is 0 Å². The van der Waals surface area contributed by atoms with Crippen molar-refractivity contribution in [3.05, 3.63) is 53.6 Å². The summed E-state index contributed by atoms with van der Waals surface area (Å²) in [6.07, 6.45) is 0. The minimum Gasteiger partial charge on any atom is -0.492 e. The third-order valence-electron chi connectivity index (χ3n) is 3.57. The van der Waals surface area contributed by atoms with Crippen molar-refractivity contribution in [2.24, 2.45) is 0 Å². The highest BCUT2D eigenvalue weighted by Crippen LogP contribution is 2.24. The highest BCUT2D eigenvalue weighted by atomic mass is 16.5. The smallest absolute Gasteiger partial charge is 0.262 e. The summed E-state index contributed by atoms with van der Waals surface area (Å²) in [6.45, 7) is 8.71. The Bertz CT molecular complexity index is 695. The lowest BCUT2D eigenvalue weighted by Gasteiger charge is -2.13. The molecule has 0 heterocycles. The van der Waals surface area contributed by atoms with Crippen molar-refractivity contribution < 1.29 is 14.3 Å². The number of amides is 1. The first kappa shape index (κ1) is 17.9. The summed E-state index contributed by atoms with van der Waals surface area (Å²) in [6, 6.07) is 13.4. The van der Waals surface area contributed by atoms with Crippen molar-refractivity contribution in [1.29, 1.82) is 0 Å². The number of benzene rings is 2. The van der Waals surface area contributed by atoms with Gasteiger partial charge in [0.05, 0.1) is 12.3 Å². The van der Waals surface area contributed by atoms with Gasteiger partial charge in [-0.3, -0.25) is 4.79 Å². The van der Waals surface area contributed by atoms with Crippen LogP contribution in [0, 0.1) is 6.92 Å². The van der Waals surface area contributed by atoms with Crippen LogP contribution in [0.25, 0.3) is 0 Å². The lowest BCUT2D eigenvalue weighted by atomic mass is 10.0. The molecule has 0 saturated carbocycles. The SMILES string of the molecule is CCOc1ccccc1NC(=O)COc1cc(C)cc(C(C)C)c1. The van der Waals surface area contributed by atoms with E-state index < -0.39 is 0 Å². The number of nitrogens with one attached hydrogen (secondary N) is 1. The molecular formula is C20H25NO3. The topological polar surface area (TPSA) is 47.6 Å². The molecule has 0 atom stereocenters. The Balaban J connectivity index is 1.99. The molecule has 0 bridgehead atoms. The van der Waals surface area contributed by atoms with Gasteiger partial charge in [-0.25, -0.2) is 0 Å². The zero-order valence-electron chi connectivity index (χ0n) is 14.8. The molecule has 0 fully saturated rings. The van der Waals surface area contributed by atoms with Gasteiger partial charge in [0.25, 0.3) is 5.91 Å².